The number of ether oxygens (including phenoxy) is 1. The lowest BCUT2D eigenvalue weighted by molar-refractivity contribution is -0.00919. The number of benzene rings is 1. The fourth-order valence-corrected chi connectivity index (χ4v) is 2.25. The molecule has 1 heterocycles. The largest absolute Gasteiger partial charge is 0.504 e. The van der Waals surface area contributed by atoms with E-state index in [0.29, 0.717) is 25.3 Å². The first-order valence-electron chi connectivity index (χ1n) is 5.02. The summed E-state index contributed by atoms with van der Waals surface area (Å²) in [6.07, 6.45) is 0.539. The lowest BCUT2D eigenvalue weighted by Crippen LogP contribution is -2.60. The van der Waals surface area contributed by atoms with E-state index >= 15 is 0 Å². The Balaban J connectivity index is 2.26. The van der Waals surface area contributed by atoms with Gasteiger partial charge >= 0.3 is 0 Å². The molecule has 0 amide bonds. The van der Waals surface area contributed by atoms with Gasteiger partial charge in [0.15, 0.2) is 11.5 Å². The van der Waals surface area contributed by atoms with Gasteiger partial charge in [-0.15, -0.1) is 0 Å². The van der Waals surface area contributed by atoms with Gasteiger partial charge in [0.05, 0.1) is 12.7 Å². The predicted molar refractivity (Wildman–Crippen MR) is 63.9 cm³/mol. The molecule has 16 heavy (non-hydrogen) atoms. The minimum absolute atomic E-state index is 0.0943. The van der Waals surface area contributed by atoms with Crippen LogP contribution in [0, 0.1) is 0 Å². The highest BCUT2D eigenvalue weighted by molar-refractivity contribution is 9.10. The molecule has 0 saturated carbocycles. The number of phenols is 1. The van der Waals surface area contributed by atoms with Crippen molar-refractivity contribution in [2.45, 2.75) is 12.0 Å². The zero-order valence-corrected chi connectivity index (χ0v) is 10.5. The van der Waals surface area contributed by atoms with E-state index in [1.807, 2.05) is 0 Å². The summed E-state index contributed by atoms with van der Waals surface area (Å²) in [6, 6.07) is 3.33. The van der Waals surface area contributed by atoms with Gasteiger partial charge in [-0.05, 0) is 17.7 Å². The Morgan fingerprint density at radius 3 is 2.69 bits per heavy atom. The van der Waals surface area contributed by atoms with Crippen molar-refractivity contribution in [1.82, 2.24) is 5.32 Å². The third kappa shape index (κ3) is 2.16. The Bertz CT molecular complexity index is 404. The van der Waals surface area contributed by atoms with Crippen LogP contribution in [0.25, 0.3) is 0 Å². The molecule has 3 N–H and O–H groups in total. The fraction of sp³-hybridized carbons (Fsp3) is 0.455. The predicted octanol–water partition coefficient (Wildman–Crippen LogP) is 1.04. The zero-order chi connectivity index (χ0) is 11.8. The number of hydrogen-bond donors (Lipinski definition) is 3. The molecule has 2 rings (SSSR count). The molecule has 5 heteroatoms. The Hall–Kier alpha value is -0.780. The van der Waals surface area contributed by atoms with Gasteiger partial charge in [-0.25, -0.2) is 0 Å². The maximum Gasteiger partial charge on any atom is 0.160 e. The molecule has 1 saturated heterocycles. The number of aromatic hydroxyl groups is 1. The van der Waals surface area contributed by atoms with E-state index in [1.54, 1.807) is 12.1 Å². The average Bonchev–Trinajstić information content (AvgIpc) is 2.19. The van der Waals surface area contributed by atoms with Gasteiger partial charge in [-0.3, -0.25) is 0 Å². The second-order valence-corrected chi connectivity index (χ2v) is 4.97. The summed E-state index contributed by atoms with van der Waals surface area (Å²) in [5, 5.41) is 22.6. The second kappa shape index (κ2) is 4.24. The molecule has 0 atom stereocenters. The van der Waals surface area contributed by atoms with E-state index in [9.17, 15) is 10.2 Å². The molecule has 0 spiro atoms. The van der Waals surface area contributed by atoms with Crippen molar-refractivity contribution < 1.29 is 14.9 Å². The summed E-state index contributed by atoms with van der Waals surface area (Å²) >= 11 is 3.37. The molecule has 1 aromatic rings. The Labute approximate surface area is 102 Å². The van der Waals surface area contributed by atoms with Crippen LogP contribution in [0.3, 0.4) is 0 Å². The molecular formula is C11H14BrNO3. The molecule has 1 aliphatic rings. The van der Waals surface area contributed by atoms with Crippen LogP contribution in [0.1, 0.15) is 5.56 Å². The lowest BCUT2D eigenvalue weighted by atomic mass is 9.89. The molecule has 0 aromatic heterocycles. The molecule has 0 radical (unpaired) electrons. The average molecular weight is 288 g/mol. The van der Waals surface area contributed by atoms with Crippen LogP contribution in [0.2, 0.25) is 0 Å². The maximum absolute atomic E-state index is 10.0. The Morgan fingerprint density at radius 2 is 2.19 bits per heavy atom. The first-order chi connectivity index (χ1) is 7.54. The molecule has 4 nitrogen and oxygen atoms in total. The highest BCUT2D eigenvalue weighted by Crippen LogP contribution is 2.34. The summed E-state index contributed by atoms with van der Waals surface area (Å²) in [4.78, 5) is 0. The Morgan fingerprint density at radius 1 is 1.50 bits per heavy atom. The molecule has 1 aliphatic heterocycles. The van der Waals surface area contributed by atoms with Gasteiger partial charge in [0.2, 0.25) is 0 Å². The van der Waals surface area contributed by atoms with Crippen molar-refractivity contribution in [1.29, 1.82) is 0 Å². The van der Waals surface area contributed by atoms with Crippen LogP contribution in [0.4, 0.5) is 0 Å². The van der Waals surface area contributed by atoms with E-state index in [-0.39, 0.29) is 5.75 Å². The third-order valence-electron chi connectivity index (χ3n) is 2.78. The Kier molecular flexibility index (Phi) is 3.10. The first kappa shape index (κ1) is 11.7. The van der Waals surface area contributed by atoms with Crippen LogP contribution in [0.15, 0.2) is 16.6 Å². The topological polar surface area (TPSA) is 61.7 Å². The van der Waals surface area contributed by atoms with Gasteiger partial charge in [-0.2, -0.15) is 0 Å². The minimum Gasteiger partial charge on any atom is -0.504 e. The smallest absolute Gasteiger partial charge is 0.160 e. The maximum atomic E-state index is 10.0. The molecule has 88 valence electrons. The fourth-order valence-electron chi connectivity index (χ4n) is 1.78. The van der Waals surface area contributed by atoms with E-state index in [1.165, 1.54) is 7.11 Å². The van der Waals surface area contributed by atoms with E-state index in [2.05, 4.69) is 21.2 Å². The van der Waals surface area contributed by atoms with Gasteiger partial charge in [0, 0.05) is 24.0 Å². The third-order valence-corrected chi connectivity index (χ3v) is 3.51. The van der Waals surface area contributed by atoms with Crippen LogP contribution in [0.5, 0.6) is 11.5 Å². The highest BCUT2D eigenvalue weighted by atomic mass is 79.9. The van der Waals surface area contributed by atoms with Crippen molar-refractivity contribution in [3.63, 3.8) is 0 Å². The van der Waals surface area contributed by atoms with Crippen molar-refractivity contribution >= 4 is 15.9 Å². The molecule has 0 bridgehead atoms. The van der Waals surface area contributed by atoms with Crippen LogP contribution < -0.4 is 10.1 Å². The zero-order valence-electron chi connectivity index (χ0n) is 8.96. The van der Waals surface area contributed by atoms with Gasteiger partial charge in [-0.1, -0.05) is 15.9 Å². The lowest BCUT2D eigenvalue weighted by Gasteiger charge is -2.38. The number of β-amino-alcohol motifs (C(OH)–C–C–N with tert-alkyl or cyclic N) is 1. The summed E-state index contributed by atoms with van der Waals surface area (Å²) < 4.78 is 5.82. The summed E-state index contributed by atoms with van der Waals surface area (Å²) in [6.45, 7) is 1.20. The quantitative estimate of drug-likeness (QED) is 0.778. The standard InChI is InChI=1S/C11H14BrNO3/c1-16-10-2-7(8(12)3-9(10)14)4-11(15)5-13-6-11/h2-3,13-15H,4-6H2,1H3. The number of hydrogen-bond acceptors (Lipinski definition) is 4. The highest BCUT2D eigenvalue weighted by Gasteiger charge is 2.35. The number of aliphatic hydroxyl groups is 1. The van der Waals surface area contributed by atoms with Crippen molar-refractivity contribution in [3.05, 3.63) is 22.2 Å². The second-order valence-electron chi connectivity index (χ2n) is 4.12. The van der Waals surface area contributed by atoms with E-state index in [4.69, 9.17) is 4.74 Å². The summed E-state index contributed by atoms with van der Waals surface area (Å²) in [5.74, 6) is 0.519. The van der Waals surface area contributed by atoms with E-state index < -0.39 is 5.60 Å². The molecule has 0 unspecified atom stereocenters. The molecule has 0 aliphatic carbocycles. The van der Waals surface area contributed by atoms with Crippen LogP contribution in [-0.2, 0) is 6.42 Å². The summed E-state index contributed by atoms with van der Waals surface area (Å²) in [5.41, 5.74) is 0.253. The van der Waals surface area contributed by atoms with Crippen molar-refractivity contribution in [2.24, 2.45) is 0 Å². The van der Waals surface area contributed by atoms with Crippen molar-refractivity contribution in [2.75, 3.05) is 20.2 Å². The van der Waals surface area contributed by atoms with Crippen LogP contribution >= 0.6 is 15.9 Å². The summed E-state index contributed by atoms with van der Waals surface area (Å²) in [7, 11) is 1.51. The van der Waals surface area contributed by atoms with Gasteiger partial charge < -0.3 is 20.3 Å². The molecule has 1 fully saturated rings. The number of rotatable bonds is 3. The SMILES string of the molecule is COc1cc(CC2(O)CNC2)c(Br)cc1O. The molecule has 1 aromatic carbocycles. The van der Waals surface area contributed by atoms with Gasteiger partial charge in [0.25, 0.3) is 0 Å². The van der Waals surface area contributed by atoms with Crippen LogP contribution in [-0.4, -0.2) is 36.0 Å². The number of methoxy groups -OCH3 is 1. The van der Waals surface area contributed by atoms with E-state index in [0.717, 1.165) is 10.0 Å². The number of phenolic OH excluding ortho intramolecular Hbond substituents is 1. The number of halogens is 1. The normalized spacial score (nSPS) is 17.9. The molecular weight excluding hydrogens is 274 g/mol. The number of nitrogens with one attached hydrogen (secondary N) is 1. The monoisotopic (exact) mass is 287 g/mol. The minimum atomic E-state index is -0.676. The van der Waals surface area contributed by atoms with Crippen molar-refractivity contribution in [3.8, 4) is 11.5 Å². The first-order valence-corrected chi connectivity index (χ1v) is 5.82. The van der Waals surface area contributed by atoms with Gasteiger partial charge in [0.1, 0.15) is 0 Å².